The lowest BCUT2D eigenvalue weighted by Gasteiger charge is -2.15. The third-order valence-electron chi connectivity index (χ3n) is 3.17. The SMILES string of the molecule is COc1cc(OC)cc(C(N)Cc2cccnc2N)c1. The monoisotopic (exact) mass is 273 g/mol. The second-order valence-corrected chi connectivity index (χ2v) is 4.50. The summed E-state index contributed by atoms with van der Waals surface area (Å²) in [5.74, 6) is 1.95. The number of hydrogen-bond donors (Lipinski definition) is 2. The van der Waals surface area contributed by atoms with Gasteiger partial charge in [-0.15, -0.1) is 0 Å². The second kappa shape index (κ2) is 6.25. The van der Waals surface area contributed by atoms with Crippen molar-refractivity contribution in [3.63, 3.8) is 0 Å². The average molecular weight is 273 g/mol. The van der Waals surface area contributed by atoms with Gasteiger partial charge in [0, 0.05) is 18.3 Å². The first-order valence-corrected chi connectivity index (χ1v) is 6.32. The highest BCUT2D eigenvalue weighted by Crippen LogP contribution is 2.27. The number of ether oxygens (including phenoxy) is 2. The molecule has 0 aliphatic heterocycles. The number of anilines is 1. The molecule has 5 heteroatoms. The highest BCUT2D eigenvalue weighted by Gasteiger charge is 2.12. The van der Waals surface area contributed by atoms with Crippen LogP contribution in [0.25, 0.3) is 0 Å². The molecule has 0 aliphatic carbocycles. The molecule has 0 saturated heterocycles. The Bertz CT molecular complexity index is 565. The van der Waals surface area contributed by atoms with E-state index in [1.54, 1.807) is 20.4 Å². The van der Waals surface area contributed by atoms with Crippen LogP contribution in [0.2, 0.25) is 0 Å². The van der Waals surface area contributed by atoms with E-state index in [4.69, 9.17) is 20.9 Å². The molecule has 0 aliphatic rings. The normalized spacial score (nSPS) is 11.9. The van der Waals surface area contributed by atoms with Crippen molar-refractivity contribution in [2.24, 2.45) is 5.73 Å². The quantitative estimate of drug-likeness (QED) is 0.869. The Kier molecular flexibility index (Phi) is 4.42. The van der Waals surface area contributed by atoms with Crippen molar-refractivity contribution in [1.82, 2.24) is 4.98 Å². The van der Waals surface area contributed by atoms with Crippen LogP contribution < -0.4 is 20.9 Å². The molecule has 1 aromatic carbocycles. The summed E-state index contributed by atoms with van der Waals surface area (Å²) in [4.78, 5) is 4.07. The maximum Gasteiger partial charge on any atom is 0.126 e. The number of nitrogens with two attached hydrogens (primary N) is 2. The van der Waals surface area contributed by atoms with E-state index in [0.29, 0.717) is 23.7 Å². The van der Waals surface area contributed by atoms with Gasteiger partial charge >= 0.3 is 0 Å². The Hall–Kier alpha value is -2.27. The maximum atomic E-state index is 6.25. The first-order valence-electron chi connectivity index (χ1n) is 6.32. The van der Waals surface area contributed by atoms with Crippen molar-refractivity contribution < 1.29 is 9.47 Å². The number of rotatable bonds is 5. The highest BCUT2D eigenvalue weighted by atomic mass is 16.5. The van der Waals surface area contributed by atoms with Crippen molar-refractivity contribution >= 4 is 5.82 Å². The number of aromatic nitrogens is 1. The Labute approximate surface area is 118 Å². The molecule has 20 heavy (non-hydrogen) atoms. The lowest BCUT2D eigenvalue weighted by molar-refractivity contribution is 0.392. The van der Waals surface area contributed by atoms with E-state index >= 15 is 0 Å². The highest BCUT2D eigenvalue weighted by molar-refractivity contribution is 5.43. The number of nitrogens with zero attached hydrogens (tertiary/aromatic N) is 1. The van der Waals surface area contributed by atoms with E-state index < -0.39 is 0 Å². The van der Waals surface area contributed by atoms with Gasteiger partial charge in [0.1, 0.15) is 17.3 Å². The number of methoxy groups -OCH3 is 2. The van der Waals surface area contributed by atoms with Gasteiger partial charge in [-0.05, 0) is 35.7 Å². The van der Waals surface area contributed by atoms with E-state index in [2.05, 4.69) is 4.98 Å². The minimum absolute atomic E-state index is 0.203. The van der Waals surface area contributed by atoms with Gasteiger partial charge in [0.25, 0.3) is 0 Å². The van der Waals surface area contributed by atoms with Gasteiger partial charge in [0.05, 0.1) is 14.2 Å². The first-order chi connectivity index (χ1) is 9.63. The zero-order valence-electron chi connectivity index (χ0n) is 11.7. The van der Waals surface area contributed by atoms with Crippen LogP contribution in [-0.4, -0.2) is 19.2 Å². The maximum absolute atomic E-state index is 6.25. The average Bonchev–Trinajstić information content (AvgIpc) is 2.48. The summed E-state index contributed by atoms with van der Waals surface area (Å²) in [6.45, 7) is 0. The van der Waals surface area contributed by atoms with Gasteiger partial charge in [-0.1, -0.05) is 6.07 Å². The van der Waals surface area contributed by atoms with Crippen molar-refractivity contribution in [3.05, 3.63) is 47.7 Å². The van der Waals surface area contributed by atoms with Crippen LogP contribution in [0, 0.1) is 0 Å². The molecule has 5 nitrogen and oxygen atoms in total. The van der Waals surface area contributed by atoms with E-state index in [1.165, 1.54) is 0 Å². The number of hydrogen-bond acceptors (Lipinski definition) is 5. The van der Waals surface area contributed by atoms with Crippen LogP contribution in [0.15, 0.2) is 36.5 Å². The Balaban J connectivity index is 2.24. The van der Waals surface area contributed by atoms with Gasteiger partial charge in [-0.3, -0.25) is 0 Å². The van der Waals surface area contributed by atoms with Crippen molar-refractivity contribution in [3.8, 4) is 11.5 Å². The largest absolute Gasteiger partial charge is 0.497 e. The van der Waals surface area contributed by atoms with E-state index in [9.17, 15) is 0 Å². The lowest BCUT2D eigenvalue weighted by Crippen LogP contribution is -2.15. The van der Waals surface area contributed by atoms with Crippen molar-refractivity contribution in [2.45, 2.75) is 12.5 Å². The predicted molar refractivity (Wildman–Crippen MR) is 78.8 cm³/mol. The number of pyridine rings is 1. The van der Waals surface area contributed by atoms with Gasteiger partial charge < -0.3 is 20.9 Å². The molecule has 0 fully saturated rings. The van der Waals surface area contributed by atoms with Crippen molar-refractivity contribution in [2.75, 3.05) is 20.0 Å². The smallest absolute Gasteiger partial charge is 0.126 e. The first kappa shape index (κ1) is 14.1. The van der Waals surface area contributed by atoms with E-state index in [1.807, 2.05) is 30.3 Å². The zero-order chi connectivity index (χ0) is 14.5. The van der Waals surface area contributed by atoms with Crippen molar-refractivity contribution in [1.29, 1.82) is 0 Å². The van der Waals surface area contributed by atoms with Crippen LogP contribution in [0.4, 0.5) is 5.82 Å². The standard InChI is InChI=1S/C15H19N3O2/c1-19-12-6-11(7-13(9-12)20-2)14(16)8-10-4-3-5-18-15(10)17/h3-7,9,14H,8,16H2,1-2H3,(H2,17,18). The summed E-state index contributed by atoms with van der Waals surface area (Å²) in [6, 6.07) is 9.20. The third kappa shape index (κ3) is 3.19. The molecule has 1 unspecified atom stereocenters. The van der Waals surface area contributed by atoms with E-state index in [-0.39, 0.29) is 6.04 Å². The second-order valence-electron chi connectivity index (χ2n) is 4.50. The molecule has 2 rings (SSSR count). The van der Waals surface area contributed by atoms with Gasteiger partial charge in [-0.25, -0.2) is 4.98 Å². The van der Waals surface area contributed by atoms with Gasteiger partial charge in [0.2, 0.25) is 0 Å². The zero-order valence-corrected chi connectivity index (χ0v) is 11.7. The molecule has 0 saturated carbocycles. The van der Waals surface area contributed by atoms with Crippen LogP contribution in [0.3, 0.4) is 0 Å². The molecule has 106 valence electrons. The molecule has 0 spiro atoms. The Morgan fingerprint density at radius 1 is 1.15 bits per heavy atom. The molecule has 4 N–H and O–H groups in total. The molecule has 1 heterocycles. The minimum atomic E-state index is -0.203. The lowest BCUT2D eigenvalue weighted by atomic mass is 9.99. The Morgan fingerprint density at radius 2 is 1.80 bits per heavy atom. The molecule has 0 bridgehead atoms. The van der Waals surface area contributed by atoms with Gasteiger partial charge in [0.15, 0.2) is 0 Å². The molecule has 0 radical (unpaired) electrons. The molecular formula is C15H19N3O2. The molecule has 1 atom stereocenters. The summed E-state index contributed by atoms with van der Waals surface area (Å²) in [5.41, 5.74) is 14.0. The molecular weight excluding hydrogens is 254 g/mol. The predicted octanol–water partition coefficient (Wildman–Crippen LogP) is 1.92. The van der Waals surface area contributed by atoms with Crippen LogP contribution in [0.1, 0.15) is 17.2 Å². The molecule has 2 aromatic rings. The van der Waals surface area contributed by atoms with Crippen LogP contribution >= 0.6 is 0 Å². The fourth-order valence-corrected chi connectivity index (χ4v) is 2.02. The summed E-state index contributed by atoms with van der Waals surface area (Å²) in [5, 5.41) is 0. The number of benzene rings is 1. The topological polar surface area (TPSA) is 83.4 Å². The fraction of sp³-hybridized carbons (Fsp3) is 0.267. The fourth-order valence-electron chi connectivity index (χ4n) is 2.02. The van der Waals surface area contributed by atoms with Crippen LogP contribution in [0.5, 0.6) is 11.5 Å². The van der Waals surface area contributed by atoms with Crippen LogP contribution in [-0.2, 0) is 6.42 Å². The third-order valence-corrected chi connectivity index (χ3v) is 3.17. The molecule has 0 amide bonds. The van der Waals surface area contributed by atoms with E-state index in [0.717, 1.165) is 11.1 Å². The van der Waals surface area contributed by atoms with Gasteiger partial charge in [-0.2, -0.15) is 0 Å². The minimum Gasteiger partial charge on any atom is -0.497 e. The Morgan fingerprint density at radius 3 is 2.35 bits per heavy atom. The summed E-state index contributed by atoms with van der Waals surface area (Å²) < 4.78 is 10.5. The number of nitrogen functional groups attached to an aromatic ring is 1. The molecule has 1 aromatic heterocycles. The summed E-state index contributed by atoms with van der Waals surface area (Å²) in [7, 11) is 3.23. The summed E-state index contributed by atoms with van der Waals surface area (Å²) in [6.07, 6.45) is 2.27. The summed E-state index contributed by atoms with van der Waals surface area (Å²) >= 11 is 0.